The van der Waals surface area contributed by atoms with Crippen molar-refractivity contribution in [3.8, 4) is 11.8 Å². The predicted molar refractivity (Wildman–Crippen MR) is 48.5 cm³/mol. The Morgan fingerprint density at radius 3 is 1.50 bits per heavy atom. The molecule has 0 fully saturated rings. The summed E-state index contributed by atoms with van der Waals surface area (Å²) in [6.07, 6.45) is 3.36. The molecule has 0 saturated carbocycles. The topological polar surface area (TPSA) is 35.0 Å². The molecule has 0 aromatic carbocycles. The molecule has 0 N–H and O–H groups in total. The van der Waals surface area contributed by atoms with Crippen molar-refractivity contribution >= 4 is 0 Å². The Balaban J connectivity index is 0. The molecule has 3 nitrogen and oxygen atoms in total. The van der Waals surface area contributed by atoms with E-state index in [1.807, 2.05) is 24.3 Å². The van der Waals surface area contributed by atoms with Crippen LogP contribution in [0.1, 0.15) is 0 Å². The molecular weight excluding hydrogens is 436 g/mol. The van der Waals surface area contributed by atoms with E-state index in [9.17, 15) is 0 Å². The van der Waals surface area contributed by atoms with E-state index in [1.165, 1.54) is 0 Å². The average molecular weight is 444 g/mol. The number of halogens is 2. The van der Waals surface area contributed by atoms with Crippen molar-refractivity contribution in [1.29, 1.82) is 0 Å². The van der Waals surface area contributed by atoms with Crippen LogP contribution in [0.3, 0.4) is 0 Å². The van der Waals surface area contributed by atoms with E-state index in [1.54, 1.807) is 24.5 Å². The first kappa shape index (κ1) is 18.0. The molecule has 0 bridgehead atoms. The van der Waals surface area contributed by atoms with Gasteiger partial charge in [0.25, 0.3) is 0 Å². The van der Waals surface area contributed by atoms with E-state index in [0.29, 0.717) is 11.8 Å². The van der Waals surface area contributed by atoms with Gasteiger partial charge in [-0.25, -0.2) is 9.97 Å². The number of aromatic nitrogens is 2. The molecule has 2 aromatic heterocycles. The molecule has 0 aliphatic carbocycles. The number of pyridine rings is 2. The quantitative estimate of drug-likeness (QED) is 0.448. The third-order valence-corrected chi connectivity index (χ3v) is 1.48. The van der Waals surface area contributed by atoms with E-state index in [2.05, 4.69) is 9.97 Å². The summed E-state index contributed by atoms with van der Waals surface area (Å²) in [4.78, 5) is 8.02. The molecule has 0 radical (unpaired) electrons. The van der Waals surface area contributed by atoms with E-state index in [-0.39, 0.29) is 52.5 Å². The Bertz CT molecular complexity index is 338. The van der Waals surface area contributed by atoms with Gasteiger partial charge in [0.05, 0.1) is 0 Å². The summed E-state index contributed by atoms with van der Waals surface area (Å²) >= 11 is 0. The molecule has 0 saturated heterocycles. The molecule has 0 aliphatic rings. The van der Waals surface area contributed by atoms with Crippen molar-refractivity contribution in [3.05, 3.63) is 48.8 Å². The molecule has 2 rings (SSSR count). The standard InChI is InChI=1S/C10H8N2O.2ClH.Hg/c1-3-7-11-9(5-1)13-10-6-2-4-8-12-10;;;/h1-8H;2*1H;/q;;;+2/p-2. The van der Waals surface area contributed by atoms with Crippen molar-refractivity contribution < 1.29 is 57.2 Å². The van der Waals surface area contributed by atoms with Gasteiger partial charge in [-0.05, 0) is 12.1 Å². The van der Waals surface area contributed by atoms with E-state index in [4.69, 9.17) is 4.74 Å². The second-order valence-electron chi connectivity index (χ2n) is 2.44. The van der Waals surface area contributed by atoms with Gasteiger partial charge in [-0.15, -0.1) is 0 Å². The number of nitrogens with zero attached hydrogens (tertiary/aromatic N) is 2. The van der Waals surface area contributed by atoms with E-state index >= 15 is 0 Å². The van der Waals surface area contributed by atoms with Gasteiger partial charge in [0.1, 0.15) is 0 Å². The summed E-state index contributed by atoms with van der Waals surface area (Å²) in [6, 6.07) is 11.0. The van der Waals surface area contributed by atoms with Crippen molar-refractivity contribution in [3.63, 3.8) is 0 Å². The van der Waals surface area contributed by atoms with Gasteiger partial charge in [0.2, 0.25) is 11.8 Å². The zero-order chi connectivity index (χ0) is 8.93. The molecular formula is C10H8Cl2HgN2O. The number of hydrogen-bond acceptors (Lipinski definition) is 3. The second-order valence-corrected chi connectivity index (χ2v) is 2.44. The van der Waals surface area contributed by atoms with Gasteiger partial charge < -0.3 is 29.6 Å². The molecule has 0 aliphatic heterocycles. The minimum atomic E-state index is 0. The number of ether oxygens (including phenoxy) is 1. The van der Waals surface area contributed by atoms with Gasteiger partial charge in [0.15, 0.2) is 0 Å². The van der Waals surface area contributed by atoms with Gasteiger partial charge in [-0.3, -0.25) is 0 Å². The van der Waals surface area contributed by atoms with Crippen LogP contribution in [-0.4, -0.2) is 9.97 Å². The van der Waals surface area contributed by atoms with Gasteiger partial charge in [0, 0.05) is 24.5 Å². The van der Waals surface area contributed by atoms with Crippen LogP contribution in [0.5, 0.6) is 11.8 Å². The fraction of sp³-hybridized carbons (Fsp3) is 0. The van der Waals surface area contributed by atoms with Crippen LogP contribution in [0.15, 0.2) is 48.8 Å². The summed E-state index contributed by atoms with van der Waals surface area (Å²) in [5.41, 5.74) is 0. The van der Waals surface area contributed by atoms with Crippen LogP contribution in [0.4, 0.5) is 0 Å². The Kier molecular flexibility index (Phi) is 11.0. The van der Waals surface area contributed by atoms with E-state index < -0.39 is 0 Å². The van der Waals surface area contributed by atoms with Gasteiger partial charge in [-0.2, -0.15) is 0 Å². The minimum absolute atomic E-state index is 0. The zero-order valence-corrected chi connectivity index (χ0v) is 15.4. The molecule has 0 spiro atoms. The number of hydrogen-bond donors (Lipinski definition) is 0. The molecule has 6 heteroatoms. The Labute approximate surface area is 127 Å². The van der Waals surface area contributed by atoms with Crippen LogP contribution in [0.25, 0.3) is 0 Å². The largest absolute Gasteiger partial charge is 2.00 e. The summed E-state index contributed by atoms with van der Waals surface area (Å²) in [7, 11) is 0. The molecule has 2 heterocycles. The van der Waals surface area contributed by atoms with Crippen LogP contribution in [0.2, 0.25) is 0 Å². The summed E-state index contributed by atoms with van der Waals surface area (Å²) in [5, 5.41) is 0. The molecule has 0 atom stereocenters. The summed E-state index contributed by atoms with van der Waals surface area (Å²) in [5.74, 6) is 1.11. The summed E-state index contributed by atoms with van der Waals surface area (Å²) in [6.45, 7) is 0. The number of rotatable bonds is 2. The summed E-state index contributed by atoms with van der Waals surface area (Å²) < 4.78 is 5.36. The van der Waals surface area contributed by atoms with Crippen molar-refractivity contribution in [1.82, 2.24) is 9.97 Å². The fourth-order valence-electron chi connectivity index (χ4n) is 0.922. The molecule has 0 amide bonds. The molecule has 0 unspecified atom stereocenters. The van der Waals surface area contributed by atoms with E-state index in [0.717, 1.165) is 0 Å². The van der Waals surface area contributed by atoms with Crippen LogP contribution >= 0.6 is 0 Å². The third-order valence-electron chi connectivity index (χ3n) is 1.48. The molecule has 2 aromatic rings. The zero-order valence-electron chi connectivity index (χ0n) is 8.38. The Morgan fingerprint density at radius 1 is 0.750 bits per heavy atom. The van der Waals surface area contributed by atoms with Crippen molar-refractivity contribution in [2.24, 2.45) is 0 Å². The monoisotopic (exact) mass is 444 g/mol. The maximum absolute atomic E-state index is 5.36. The van der Waals surface area contributed by atoms with Crippen molar-refractivity contribution in [2.75, 3.05) is 0 Å². The SMILES string of the molecule is [Cl-].[Cl-].[Hg+2].c1ccc(Oc2ccccn2)nc1. The molecule has 80 valence electrons. The third kappa shape index (κ3) is 5.63. The van der Waals surface area contributed by atoms with Crippen LogP contribution in [-0.2, 0) is 27.7 Å². The van der Waals surface area contributed by atoms with Crippen LogP contribution in [0, 0.1) is 0 Å². The van der Waals surface area contributed by atoms with Crippen molar-refractivity contribution in [2.45, 2.75) is 0 Å². The smallest absolute Gasteiger partial charge is 1.00 e. The predicted octanol–water partition coefficient (Wildman–Crippen LogP) is -3.73. The maximum Gasteiger partial charge on any atom is 2.00 e. The molecule has 16 heavy (non-hydrogen) atoms. The first-order valence-corrected chi connectivity index (χ1v) is 3.95. The second kappa shape index (κ2) is 9.81. The van der Waals surface area contributed by atoms with Gasteiger partial charge >= 0.3 is 27.7 Å². The van der Waals surface area contributed by atoms with Crippen LogP contribution < -0.4 is 29.6 Å². The first-order chi connectivity index (χ1) is 6.45. The first-order valence-electron chi connectivity index (χ1n) is 3.95. The Hall–Kier alpha value is -0.385. The average Bonchev–Trinajstić information content (AvgIpc) is 2.21. The van der Waals surface area contributed by atoms with Gasteiger partial charge in [-0.1, -0.05) is 12.1 Å². The normalized spacial score (nSPS) is 7.75. The Morgan fingerprint density at radius 2 is 1.19 bits per heavy atom. The maximum atomic E-state index is 5.36. The minimum Gasteiger partial charge on any atom is -1.00 e. The fourth-order valence-corrected chi connectivity index (χ4v) is 0.922.